The van der Waals surface area contributed by atoms with Crippen molar-refractivity contribution in [2.75, 3.05) is 32.2 Å². The van der Waals surface area contributed by atoms with Crippen LogP contribution in [0.4, 0.5) is 5.69 Å². The van der Waals surface area contributed by atoms with Gasteiger partial charge in [0.05, 0.1) is 31.9 Å². The molecule has 2 amide bonds. The summed E-state index contributed by atoms with van der Waals surface area (Å²) >= 11 is 6.39. The first-order valence-corrected chi connectivity index (χ1v) is 17.5. The number of benzene rings is 4. The number of sulfonamides is 1. The molecule has 0 heterocycles. The standard InChI is InChI=1S/C37H42ClN3O7S/c1-25(2)39-37(43)32(20-27-10-8-7-9-11-27)40(23-28-14-12-26(3)13-15-28)36(42)24-41(31-21-29(38)16-18-33(31)46-4)49(44,45)30-17-19-34(47-5)35(22-30)48-6/h7-19,21-22,25,32H,20,23-24H2,1-6H3,(H,39,43)/t32-/m1/s1. The highest BCUT2D eigenvalue weighted by Gasteiger charge is 2.36. The molecule has 0 unspecified atom stereocenters. The average Bonchev–Trinajstić information content (AvgIpc) is 3.09. The summed E-state index contributed by atoms with van der Waals surface area (Å²) in [7, 11) is -0.248. The number of aryl methyl sites for hydroxylation is 1. The molecule has 0 saturated carbocycles. The lowest BCUT2D eigenvalue weighted by Crippen LogP contribution is -2.54. The fourth-order valence-electron chi connectivity index (χ4n) is 5.30. The summed E-state index contributed by atoms with van der Waals surface area (Å²) in [6.45, 7) is 4.99. The third-order valence-electron chi connectivity index (χ3n) is 7.81. The minimum atomic E-state index is -4.48. The zero-order valence-corrected chi connectivity index (χ0v) is 30.0. The van der Waals surface area contributed by atoms with Gasteiger partial charge in [0, 0.05) is 30.1 Å². The van der Waals surface area contributed by atoms with Crippen LogP contribution in [-0.2, 0) is 32.6 Å². The first-order chi connectivity index (χ1) is 23.4. The summed E-state index contributed by atoms with van der Waals surface area (Å²) in [5.74, 6) is -0.305. The number of hydrogen-bond acceptors (Lipinski definition) is 7. The largest absolute Gasteiger partial charge is 0.495 e. The van der Waals surface area contributed by atoms with Crippen LogP contribution < -0.4 is 23.8 Å². The van der Waals surface area contributed by atoms with Gasteiger partial charge in [-0.05, 0) is 62.2 Å². The van der Waals surface area contributed by atoms with Gasteiger partial charge in [-0.15, -0.1) is 0 Å². The number of amides is 2. The van der Waals surface area contributed by atoms with Crippen LogP contribution in [0.2, 0.25) is 5.02 Å². The van der Waals surface area contributed by atoms with Crippen LogP contribution in [-0.4, -0.2) is 65.1 Å². The zero-order chi connectivity index (χ0) is 35.7. The van der Waals surface area contributed by atoms with Crippen molar-refractivity contribution in [3.63, 3.8) is 0 Å². The van der Waals surface area contributed by atoms with Crippen LogP contribution in [0.25, 0.3) is 0 Å². The Balaban J connectivity index is 1.88. The minimum Gasteiger partial charge on any atom is -0.495 e. The third-order valence-corrected chi connectivity index (χ3v) is 9.80. The maximum Gasteiger partial charge on any atom is 0.265 e. The fourth-order valence-corrected chi connectivity index (χ4v) is 6.90. The molecule has 4 aromatic carbocycles. The lowest BCUT2D eigenvalue weighted by Gasteiger charge is -2.34. The van der Waals surface area contributed by atoms with Crippen molar-refractivity contribution in [1.29, 1.82) is 0 Å². The van der Waals surface area contributed by atoms with Crippen molar-refractivity contribution < 1.29 is 32.2 Å². The van der Waals surface area contributed by atoms with E-state index < -0.39 is 28.5 Å². The van der Waals surface area contributed by atoms with E-state index in [1.54, 1.807) is 6.07 Å². The van der Waals surface area contributed by atoms with Crippen molar-refractivity contribution in [3.8, 4) is 17.2 Å². The van der Waals surface area contributed by atoms with Crippen LogP contribution in [0, 0.1) is 6.92 Å². The summed E-state index contributed by atoms with van der Waals surface area (Å²) in [6.07, 6.45) is 0.194. The van der Waals surface area contributed by atoms with Gasteiger partial charge in [0.25, 0.3) is 10.0 Å². The number of ether oxygens (including phenoxy) is 3. The maximum atomic E-state index is 14.7. The number of methoxy groups -OCH3 is 3. The molecule has 1 atom stereocenters. The molecule has 0 bridgehead atoms. The molecular weight excluding hydrogens is 666 g/mol. The van der Waals surface area contributed by atoms with Crippen LogP contribution in [0.5, 0.6) is 17.2 Å². The van der Waals surface area contributed by atoms with Gasteiger partial charge >= 0.3 is 0 Å². The van der Waals surface area contributed by atoms with Crippen molar-refractivity contribution >= 4 is 39.1 Å². The van der Waals surface area contributed by atoms with E-state index in [4.69, 9.17) is 25.8 Å². The second kappa shape index (κ2) is 16.6. The van der Waals surface area contributed by atoms with Gasteiger partial charge in [0.2, 0.25) is 11.8 Å². The molecule has 4 aromatic rings. The molecule has 0 radical (unpaired) electrons. The highest BCUT2D eigenvalue weighted by Crippen LogP contribution is 2.37. The Labute approximate surface area is 293 Å². The van der Waals surface area contributed by atoms with E-state index in [2.05, 4.69) is 5.32 Å². The van der Waals surface area contributed by atoms with Crippen LogP contribution in [0.15, 0.2) is 95.9 Å². The summed E-state index contributed by atoms with van der Waals surface area (Å²) < 4.78 is 46.3. The molecule has 12 heteroatoms. The van der Waals surface area contributed by atoms with Gasteiger partial charge in [0.15, 0.2) is 11.5 Å². The molecule has 4 rings (SSSR count). The molecular formula is C37H42ClN3O7S. The monoisotopic (exact) mass is 707 g/mol. The average molecular weight is 708 g/mol. The molecule has 0 spiro atoms. The lowest BCUT2D eigenvalue weighted by atomic mass is 10.0. The molecule has 0 aromatic heterocycles. The van der Waals surface area contributed by atoms with Gasteiger partial charge in [0.1, 0.15) is 18.3 Å². The van der Waals surface area contributed by atoms with Crippen LogP contribution >= 0.6 is 11.6 Å². The Bertz CT molecular complexity index is 1850. The number of carbonyl (C=O) groups excluding carboxylic acids is 2. The van der Waals surface area contributed by atoms with Crippen LogP contribution in [0.1, 0.15) is 30.5 Å². The maximum absolute atomic E-state index is 14.7. The molecule has 0 aliphatic rings. The Morgan fingerprint density at radius 3 is 2.04 bits per heavy atom. The topological polar surface area (TPSA) is 114 Å². The second-order valence-corrected chi connectivity index (χ2v) is 14.0. The highest BCUT2D eigenvalue weighted by atomic mass is 35.5. The fraction of sp³-hybridized carbons (Fsp3) is 0.297. The molecule has 260 valence electrons. The Morgan fingerprint density at radius 1 is 0.796 bits per heavy atom. The predicted molar refractivity (Wildman–Crippen MR) is 191 cm³/mol. The van der Waals surface area contributed by atoms with Crippen molar-refractivity contribution in [1.82, 2.24) is 10.2 Å². The highest BCUT2D eigenvalue weighted by molar-refractivity contribution is 7.92. The predicted octanol–water partition coefficient (Wildman–Crippen LogP) is 6.03. The third kappa shape index (κ3) is 9.24. The van der Waals surface area contributed by atoms with Crippen molar-refractivity contribution in [3.05, 3.63) is 113 Å². The second-order valence-electron chi connectivity index (χ2n) is 11.7. The van der Waals surface area contributed by atoms with Crippen molar-refractivity contribution in [2.24, 2.45) is 0 Å². The summed E-state index contributed by atoms with van der Waals surface area (Å²) in [5, 5.41) is 3.18. The van der Waals surface area contributed by atoms with Crippen LogP contribution in [0.3, 0.4) is 0 Å². The molecule has 1 N–H and O–H groups in total. The van der Waals surface area contributed by atoms with Gasteiger partial charge in [-0.3, -0.25) is 13.9 Å². The minimum absolute atomic E-state index is 0.0407. The molecule has 0 aliphatic carbocycles. The number of hydrogen-bond donors (Lipinski definition) is 1. The summed E-state index contributed by atoms with van der Waals surface area (Å²) in [5.41, 5.74) is 2.67. The van der Waals surface area contributed by atoms with E-state index in [0.717, 1.165) is 21.0 Å². The Morgan fingerprint density at radius 2 is 1.43 bits per heavy atom. The molecule has 0 fully saturated rings. The normalized spacial score (nSPS) is 11.8. The van der Waals surface area contributed by atoms with E-state index in [9.17, 15) is 18.0 Å². The quantitative estimate of drug-likeness (QED) is 0.160. The summed E-state index contributed by atoms with van der Waals surface area (Å²) in [4.78, 5) is 29.9. The number of anilines is 1. The van der Waals surface area contributed by atoms with E-state index >= 15 is 0 Å². The lowest BCUT2D eigenvalue weighted by molar-refractivity contribution is -0.140. The number of nitrogens with one attached hydrogen (secondary N) is 1. The zero-order valence-electron chi connectivity index (χ0n) is 28.5. The molecule has 0 saturated heterocycles. The van der Waals surface area contributed by atoms with Gasteiger partial charge < -0.3 is 24.4 Å². The van der Waals surface area contributed by atoms with E-state index in [1.165, 1.54) is 56.6 Å². The van der Waals surface area contributed by atoms with Crippen molar-refractivity contribution in [2.45, 2.75) is 50.7 Å². The van der Waals surface area contributed by atoms with E-state index in [1.807, 2.05) is 75.4 Å². The smallest absolute Gasteiger partial charge is 0.265 e. The first-order valence-electron chi connectivity index (χ1n) is 15.7. The van der Waals surface area contributed by atoms with Gasteiger partial charge in [-0.1, -0.05) is 71.8 Å². The molecule has 10 nitrogen and oxygen atoms in total. The van der Waals surface area contributed by atoms with E-state index in [-0.39, 0.29) is 52.0 Å². The van der Waals surface area contributed by atoms with Gasteiger partial charge in [-0.2, -0.15) is 0 Å². The number of nitrogens with zero attached hydrogens (tertiary/aromatic N) is 2. The first kappa shape index (κ1) is 37.1. The molecule has 49 heavy (non-hydrogen) atoms. The number of rotatable bonds is 15. The Kier molecular flexibility index (Phi) is 12.5. The number of carbonyl (C=O) groups is 2. The SMILES string of the molecule is COc1ccc(S(=O)(=O)N(CC(=O)N(Cc2ccc(C)cc2)[C@H](Cc2ccccc2)C(=O)NC(C)C)c2cc(Cl)ccc2OC)cc1OC. The Hall–Kier alpha value is -4.74. The van der Waals surface area contributed by atoms with E-state index in [0.29, 0.717) is 5.75 Å². The summed E-state index contributed by atoms with van der Waals surface area (Å²) in [6, 6.07) is 24.4. The number of halogens is 1. The molecule has 0 aliphatic heterocycles. The van der Waals surface area contributed by atoms with Gasteiger partial charge in [-0.25, -0.2) is 8.42 Å².